The van der Waals surface area contributed by atoms with Crippen LogP contribution in [0.15, 0.2) is 61.4 Å². The summed E-state index contributed by atoms with van der Waals surface area (Å²) in [6, 6.07) is 9.32. The Morgan fingerprint density at radius 3 is 2.64 bits per heavy atom. The summed E-state index contributed by atoms with van der Waals surface area (Å²) in [6.45, 7) is 6.71. The second-order valence-electron chi connectivity index (χ2n) is 9.68. The molecule has 1 aromatic carbocycles. The van der Waals surface area contributed by atoms with Crippen molar-refractivity contribution in [2.75, 3.05) is 11.9 Å². The van der Waals surface area contributed by atoms with Crippen molar-refractivity contribution in [3.8, 4) is 11.3 Å². The third-order valence-corrected chi connectivity index (χ3v) is 6.83. The van der Waals surface area contributed by atoms with Crippen molar-refractivity contribution in [2.24, 2.45) is 5.92 Å². The average Bonchev–Trinajstić information content (AvgIpc) is 3.32. The van der Waals surface area contributed by atoms with Gasteiger partial charge >= 0.3 is 0 Å². The Kier molecular flexibility index (Phi) is 6.61. The van der Waals surface area contributed by atoms with Gasteiger partial charge in [-0.25, -0.2) is 9.97 Å². The van der Waals surface area contributed by atoms with Gasteiger partial charge in [0.05, 0.1) is 17.4 Å². The molecule has 0 aliphatic carbocycles. The van der Waals surface area contributed by atoms with Crippen LogP contribution in [0, 0.1) is 5.92 Å². The lowest BCUT2D eigenvalue weighted by molar-refractivity contribution is 0.0936. The molecule has 2 N–H and O–H groups in total. The average molecular weight is 483 g/mol. The van der Waals surface area contributed by atoms with Crippen LogP contribution in [0.3, 0.4) is 0 Å². The van der Waals surface area contributed by atoms with Gasteiger partial charge in [-0.1, -0.05) is 26.0 Å². The van der Waals surface area contributed by atoms with Crippen LogP contribution in [0.4, 0.5) is 5.82 Å². The fourth-order valence-corrected chi connectivity index (χ4v) is 4.91. The highest BCUT2D eigenvalue weighted by Gasteiger charge is 2.32. The number of pyridine rings is 1. The quantitative estimate of drug-likeness (QED) is 0.385. The minimum absolute atomic E-state index is 0.0585. The SMILES string of the molecule is CC1CCC(c2c(C(=O)C(C)C)ccc(C(=O)Nc3ccccn3)c2-c2ncn3ccncc23)CN1. The van der Waals surface area contributed by atoms with E-state index in [0.29, 0.717) is 34.2 Å². The molecule has 4 aromatic rings. The molecule has 0 radical (unpaired) electrons. The van der Waals surface area contributed by atoms with E-state index in [4.69, 9.17) is 4.98 Å². The Morgan fingerprint density at radius 1 is 1.08 bits per heavy atom. The topological polar surface area (TPSA) is 101 Å². The number of hydrogen-bond donors (Lipinski definition) is 2. The number of amides is 1. The molecular weight excluding hydrogens is 452 g/mol. The highest BCUT2D eigenvalue weighted by atomic mass is 16.1. The highest BCUT2D eigenvalue weighted by molar-refractivity contribution is 6.12. The van der Waals surface area contributed by atoms with Crippen LogP contribution in [0.5, 0.6) is 0 Å². The van der Waals surface area contributed by atoms with Crippen LogP contribution in [0.1, 0.15) is 65.8 Å². The normalized spacial score (nSPS) is 17.9. The van der Waals surface area contributed by atoms with Crippen molar-refractivity contribution in [1.82, 2.24) is 24.7 Å². The van der Waals surface area contributed by atoms with E-state index in [1.54, 1.807) is 43.1 Å². The highest BCUT2D eigenvalue weighted by Crippen LogP contribution is 2.40. The summed E-state index contributed by atoms with van der Waals surface area (Å²) in [6.07, 6.45) is 10.5. The number of aromatic nitrogens is 4. The summed E-state index contributed by atoms with van der Waals surface area (Å²) in [4.78, 5) is 40.4. The molecule has 5 rings (SSSR count). The molecule has 8 nitrogen and oxygen atoms in total. The third kappa shape index (κ3) is 4.52. The van der Waals surface area contributed by atoms with Crippen LogP contribution >= 0.6 is 0 Å². The Labute approximate surface area is 210 Å². The first kappa shape index (κ1) is 23.8. The first-order valence-electron chi connectivity index (χ1n) is 12.4. The fraction of sp³-hybridized carbons (Fsp3) is 0.321. The molecule has 0 bridgehead atoms. The van der Waals surface area contributed by atoms with Gasteiger partial charge in [0.15, 0.2) is 5.78 Å². The number of nitrogens with zero attached hydrogens (tertiary/aromatic N) is 4. The Bertz CT molecular complexity index is 1400. The van der Waals surface area contributed by atoms with Gasteiger partial charge in [-0.05, 0) is 49.4 Å². The van der Waals surface area contributed by atoms with Crippen LogP contribution in [0.2, 0.25) is 0 Å². The van der Waals surface area contributed by atoms with Crippen LogP contribution in [-0.2, 0) is 0 Å². The molecule has 0 saturated carbocycles. The zero-order chi connectivity index (χ0) is 25.2. The predicted molar refractivity (Wildman–Crippen MR) is 139 cm³/mol. The number of rotatable bonds is 6. The van der Waals surface area contributed by atoms with E-state index in [1.807, 2.05) is 36.6 Å². The number of carbonyl (C=O) groups is 2. The van der Waals surface area contributed by atoms with Gasteiger partial charge in [-0.2, -0.15) is 0 Å². The summed E-state index contributed by atoms with van der Waals surface area (Å²) < 4.78 is 1.88. The van der Waals surface area contributed by atoms with Crippen molar-refractivity contribution in [3.63, 3.8) is 0 Å². The zero-order valence-corrected chi connectivity index (χ0v) is 20.7. The molecule has 2 atom stereocenters. The first-order valence-corrected chi connectivity index (χ1v) is 12.4. The smallest absolute Gasteiger partial charge is 0.257 e. The summed E-state index contributed by atoms with van der Waals surface area (Å²) >= 11 is 0. The number of anilines is 1. The number of piperidine rings is 1. The van der Waals surface area contributed by atoms with Crippen molar-refractivity contribution in [2.45, 2.75) is 45.6 Å². The van der Waals surface area contributed by atoms with Gasteiger partial charge in [-0.3, -0.25) is 14.6 Å². The van der Waals surface area contributed by atoms with Crippen LogP contribution in [0.25, 0.3) is 16.8 Å². The monoisotopic (exact) mass is 482 g/mol. The largest absolute Gasteiger partial charge is 0.314 e. The van der Waals surface area contributed by atoms with Crippen LogP contribution < -0.4 is 10.6 Å². The number of hydrogen-bond acceptors (Lipinski definition) is 6. The van der Waals surface area contributed by atoms with Crippen molar-refractivity contribution in [1.29, 1.82) is 0 Å². The predicted octanol–water partition coefficient (Wildman–Crippen LogP) is 4.74. The van der Waals surface area contributed by atoms with E-state index in [1.165, 1.54) is 0 Å². The maximum absolute atomic E-state index is 13.7. The zero-order valence-electron chi connectivity index (χ0n) is 20.7. The molecular formula is C28H30N6O2. The molecule has 1 saturated heterocycles. The van der Waals surface area contributed by atoms with Gasteiger partial charge in [-0.15, -0.1) is 0 Å². The Balaban J connectivity index is 1.76. The number of fused-ring (bicyclic) bond motifs is 1. The number of carbonyl (C=O) groups excluding carboxylic acids is 2. The molecule has 3 aromatic heterocycles. The lowest BCUT2D eigenvalue weighted by Crippen LogP contribution is -2.36. The summed E-state index contributed by atoms with van der Waals surface area (Å²) in [5.41, 5.74) is 4.09. The molecule has 0 spiro atoms. The summed E-state index contributed by atoms with van der Waals surface area (Å²) in [5, 5.41) is 6.48. The standard InChI is InChI=1S/C28H30N6O2/c1-17(2)27(35)20-9-10-21(28(36)33-23-6-4-5-11-30-23)25(24(20)19-8-7-18(3)31-14-19)26-22-15-29-12-13-34(22)16-32-26/h4-6,9-13,15-19,31H,7-8,14H2,1-3H3,(H,30,33,36). The first-order chi connectivity index (χ1) is 17.4. The molecule has 2 unspecified atom stereocenters. The Hall–Kier alpha value is -3.91. The number of imidazole rings is 1. The summed E-state index contributed by atoms with van der Waals surface area (Å²) in [7, 11) is 0. The maximum atomic E-state index is 13.7. The lowest BCUT2D eigenvalue weighted by atomic mass is 9.78. The van der Waals surface area contributed by atoms with Crippen molar-refractivity contribution in [3.05, 3.63) is 78.1 Å². The second kappa shape index (κ2) is 9.99. The molecule has 184 valence electrons. The minimum atomic E-state index is -0.296. The molecule has 8 heteroatoms. The minimum Gasteiger partial charge on any atom is -0.314 e. The molecule has 36 heavy (non-hydrogen) atoms. The number of nitrogens with one attached hydrogen (secondary N) is 2. The van der Waals surface area contributed by atoms with Gasteiger partial charge in [0, 0.05) is 53.8 Å². The molecule has 4 heterocycles. The third-order valence-electron chi connectivity index (χ3n) is 6.83. The van der Waals surface area contributed by atoms with E-state index in [9.17, 15) is 9.59 Å². The number of Topliss-reactive ketones (excluding diaryl/α,β-unsaturated/α-hetero) is 1. The van der Waals surface area contributed by atoms with E-state index >= 15 is 0 Å². The van der Waals surface area contributed by atoms with E-state index < -0.39 is 0 Å². The van der Waals surface area contributed by atoms with Crippen molar-refractivity contribution < 1.29 is 9.59 Å². The lowest BCUT2D eigenvalue weighted by Gasteiger charge is -2.31. The van der Waals surface area contributed by atoms with Gasteiger partial charge in [0.25, 0.3) is 5.91 Å². The second-order valence-corrected chi connectivity index (χ2v) is 9.68. The maximum Gasteiger partial charge on any atom is 0.257 e. The molecule has 1 aliphatic rings. The molecule has 1 amide bonds. The molecule has 1 aliphatic heterocycles. The number of ketones is 1. The van der Waals surface area contributed by atoms with Gasteiger partial charge < -0.3 is 15.0 Å². The Morgan fingerprint density at radius 2 is 1.92 bits per heavy atom. The fourth-order valence-electron chi connectivity index (χ4n) is 4.91. The van der Waals surface area contributed by atoms with Crippen molar-refractivity contribution >= 4 is 23.0 Å². The van der Waals surface area contributed by atoms with Gasteiger partial charge in [0.1, 0.15) is 12.1 Å². The van der Waals surface area contributed by atoms with Gasteiger partial charge in [0.2, 0.25) is 0 Å². The van der Waals surface area contributed by atoms with E-state index in [2.05, 4.69) is 27.5 Å². The molecule has 1 fully saturated rings. The van der Waals surface area contributed by atoms with E-state index in [-0.39, 0.29) is 23.5 Å². The van der Waals surface area contributed by atoms with Crippen LogP contribution in [-0.4, -0.2) is 43.6 Å². The van der Waals surface area contributed by atoms with E-state index in [0.717, 1.165) is 30.5 Å². The summed E-state index contributed by atoms with van der Waals surface area (Å²) in [5.74, 6) is 0.103. The number of benzene rings is 1.